The van der Waals surface area contributed by atoms with Crippen LogP contribution < -0.4 is 5.32 Å². The number of sulfonamides is 1. The average molecular weight is 612 g/mol. The van der Waals surface area contributed by atoms with Gasteiger partial charge in [-0.1, -0.05) is 47.7 Å². The predicted molar refractivity (Wildman–Crippen MR) is 161 cm³/mol. The summed E-state index contributed by atoms with van der Waals surface area (Å²) in [5.74, 6) is 6.28. The zero-order chi connectivity index (χ0) is 29.7. The Morgan fingerprint density at radius 2 is 1.86 bits per heavy atom. The summed E-state index contributed by atoms with van der Waals surface area (Å²) < 4.78 is 33.9. The van der Waals surface area contributed by atoms with Gasteiger partial charge in [-0.05, 0) is 30.2 Å². The van der Waals surface area contributed by atoms with Crippen LogP contribution in [0.25, 0.3) is 11.3 Å². The van der Waals surface area contributed by atoms with E-state index in [0.29, 0.717) is 29.1 Å². The van der Waals surface area contributed by atoms with Crippen molar-refractivity contribution in [2.45, 2.75) is 32.5 Å². The number of benzene rings is 2. The van der Waals surface area contributed by atoms with Crippen LogP contribution in [-0.4, -0.2) is 84.3 Å². The van der Waals surface area contributed by atoms with E-state index < -0.39 is 16.1 Å². The lowest BCUT2D eigenvalue weighted by Gasteiger charge is -2.27. The minimum absolute atomic E-state index is 0.139. The van der Waals surface area contributed by atoms with Crippen LogP contribution in [0.1, 0.15) is 34.4 Å². The number of carbonyl (C=O) groups is 1. The molecule has 1 amide bonds. The third-order valence-electron chi connectivity index (χ3n) is 7.53. The van der Waals surface area contributed by atoms with Gasteiger partial charge in [0.2, 0.25) is 10.0 Å². The second kappa shape index (κ2) is 13.3. The van der Waals surface area contributed by atoms with E-state index in [1.807, 2.05) is 41.1 Å². The van der Waals surface area contributed by atoms with Gasteiger partial charge < -0.3 is 15.2 Å². The second-order valence-electron chi connectivity index (χ2n) is 10.4. The van der Waals surface area contributed by atoms with Crippen molar-refractivity contribution in [3.63, 3.8) is 0 Å². The number of fused-ring (bicyclic) bond motifs is 1. The second-order valence-corrected chi connectivity index (χ2v) is 12.8. The highest BCUT2D eigenvalue weighted by atomic mass is 35.5. The van der Waals surface area contributed by atoms with Crippen molar-refractivity contribution >= 4 is 27.7 Å². The Labute approximate surface area is 251 Å². The molecule has 0 atom stereocenters. The predicted octanol–water partition coefficient (Wildman–Crippen LogP) is 3.41. The van der Waals surface area contributed by atoms with Gasteiger partial charge in [-0.25, -0.2) is 13.2 Å². The fourth-order valence-electron chi connectivity index (χ4n) is 5.31. The van der Waals surface area contributed by atoms with Crippen molar-refractivity contribution < 1.29 is 23.1 Å². The van der Waals surface area contributed by atoms with Gasteiger partial charge >= 0.3 is 6.09 Å². The summed E-state index contributed by atoms with van der Waals surface area (Å²) in [6.07, 6.45) is 1.65. The summed E-state index contributed by atoms with van der Waals surface area (Å²) in [5.41, 5.74) is 5.56. The van der Waals surface area contributed by atoms with E-state index in [4.69, 9.17) is 26.5 Å². The Morgan fingerprint density at radius 1 is 1.10 bits per heavy atom. The van der Waals surface area contributed by atoms with E-state index in [1.54, 1.807) is 6.07 Å². The first-order valence-corrected chi connectivity index (χ1v) is 16.1. The number of nitrogens with one attached hydrogen (secondary N) is 1. The first-order valence-electron chi connectivity index (χ1n) is 13.9. The molecule has 2 N–H and O–H groups in total. The quantitative estimate of drug-likeness (QED) is 0.375. The van der Waals surface area contributed by atoms with E-state index >= 15 is 0 Å². The van der Waals surface area contributed by atoms with Crippen LogP contribution in [0.4, 0.5) is 4.79 Å². The number of carboxylic acid groups (broad SMARTS) is 1. The Morgan fingerprint density at radius 3 is 2.62 bits per heavy atom. The molecule has 2 aliphatic rings. The van der Waals surface area contributed by atoms with Crippen LogP contribution in [0.3, 0.4) is 0 Å². The van der Waals surface area contributed by atoms with Gasteiger partial charge in [0.1, 0.15) is 0 Å². The maximum absolute atomic E-state index is 12.4. The highest BCUT2D eigenvalue weighted by Crippen LogP contribution is 2.33. The van der Waals surface area contributed by atoms with Crippen molar-refractivity contribution in [3.05, 3.63) is 75.4 Å². The van der Waals surface area contributed by atoms with Gasteiger partial charge in [0.15, 0.2) is 0 Å². The normalized spacial score (nSPS) is 16.0. The van der Waals surface area contributed by atoms with E-state index in [2.05, 4.69) is 22.1 Å². The smallest absolute Gasteiger partial charge is 0.404 e. The molecule has 0 unspecified atom stereocenters. The number of aryl methyl sites for hydroxylation is 1. The number of ether oxygens (including phenoxy) is 1. The molecular weight excluding hydrogens is 578 g/mol. The molecule has 1 saturated heterocycles. The van der Waals surface area contributed by atoms with Crippen LogP contribution in [0.15, 0.2) is 42.5 Å². The molecule has 12 heteroatoms. The monoisotopic (exact) mass is 611 g/mol. The van der Waals surface area contributed by atoms with Crippen LogP contribution in [0.2, 0.25) is 5.02 Å². The van der Waals surface area contributed by atoms with E-state index in [-0.39, 0.29) is 13.1 Å². The van der Waals surface area contributed by atoms with Crippen molar-refractivity contribution in [1.82, 2.24) is 24.3 Å². The van der Waals surface area contributed by atoms with Crippen LogP contribution >= 0.6 is 11.6 Å². The molecule has 0 saturated carbocycles. The van der Waals surface area contributed by atoms with Gasteiger partial charge in [-0.15, -0.1) is 0 Å². The lowest BCUT2D eigenvalue weighted by atomic mass is 10.0. The molecule has 3 heterocycles. The summed E-state index contributed by atoms with van der Waals surface area (Å²) in [5, 5.41) is 16.8. The standard InChI is InChI=1S/C30H34ClN5O5S/c1-42(39,40)35-14-11-28-26(21-35)29(33-36(28)13-4-12-34-15-17-41-18-16-34)24-9-10-27(31)23(19-24)8-7-22-5-2-3-6-25(22)20-32-30(37)38/h2-3,5-6,9-10,19,32H,4,11-18,20-21H2,1H3,(H,37,38). The molecule has 10 nitrogen and oxygen atoms in total. The number of amides is 1. The molecule has 2 aromatic carbocycles. The summed E-state index contributed by atoms with van der Waals surface area (Å²) in [4.78, 5) is 13.4. The molecule has 2 aliphatic heterocycles. The summed E-state index contributed by atoms with van der Waals surface area (Å²) in [6.45, 7) is 5.90. The Hall–Kier alpha value is -3.40. The molecule has 0 aliphatic carbocycles. The van der Waals surface area contributed by atoms with Crippen LogP contribution in [0.5, 0.6) is 0 Å². The Bertz CT molecular complexity index is 1620. The molecule has 222 valence electrons. The molecule has 5 rings (SSSR count). The van der Waals surface area contributed by atoms with Crippen molar-refractivity contribution in [1.29, 1.82) is 0 Å². The van der Waals surface area contributed by atoms with Gasteiger partial charge in [-0.2, -0.15) is 9.40 Å². The highest BCUT2D eigenvalue weighted by molar-refractivity contribution is 7.88. The Balaban J connectivity index is 1.45. The van der Waals surface area contributed by atoms with Crippen LogP contribution in [-0.2, 0) is 40.8 Å². The van der Waals surface area contributed by atoms with E-state index in [9.17, 15) is 13.2 Å². The fraction of sp³-hybridized carbons (Fsp3) is 0.400. The molecule has 0 bridgehead atoms. The molecule has 1 fully saturated rings. The molecule has 42 heavy (non-hydrogen) atoms. The number of nitrogens with zero attached hydrogens (tertiary/aromatic N) is 4. The summed E-state index contributed by atoms with van der Waals surface area (Å²) >= 11 is 6.55. The minimum Gasteiger partial charge on any atom is -0.465 e. The summed E-state index contributed by atoms with van der Waals surface area (Å²) in [6, 6.07) is 12.9. The topological polar surface area (TPSA) is 117 Å². The number of aromatic nitrogens is 2. The molecule has 1 aromatic heterocycles. The lowest BCUT2D eigenvalue weighted by molar-refractivity contribution is 0.0368. The summed E-state index contributed by atoms with van der Waals surface area (Å²) in [7, 11) is -3.37. The zero-order valence-corrected chi connectivity index (χ0v) is 25.0. The molecule has 3 aromatic rings. The highest BCUT2D eigenvalue weighted by Gasteiger charge is 2.30. The molecule has 0 radical (unpaired) electrons. The number of halogens is 1. The zero-order valence-electron chi connectivity index (χ0n) is 23.5. The number of hydrogen-bond donors (Lipinski definition) is 2. The number of hydrogen-bond acceptors (Lipinski definition) is 6. The van der Waals surface area contributed by atoms with Gasteiger partial charge in [0.25, 0.3) is 0 Å². The number of morpholine rings is 1. The molecule has 0 spiro atoms. The third kappa shape index (κ3) is 7.32. The largest absolute Gasteiger partial charge is 0.465 e. The van der Waals surface area contributed by atoms with Crippen molar-refractivity contribution in [3.8, 4) is 23.1 Å². The lowest BCUT2D eigenvalue weighted by Crippen LogP contribution is -2.37. The number of rotatable bonds is 8. The fourth-order valence-corrected chi connectivity index (χ4v) is 6.26. The third-order valence-corrected chi connectivity index (χ3v) is 9.11. The first-order chi connectivity index (χ1) is 20.2. The maximum atomic E-state index is 12.4. The Kier molecular flexibility index (Phi) is 9.50. The first kappa shape index (κ1) is 30.1. The SMILES string of the molecule is CS(=O)(=O)N1CCc2c(c(-c3ccc(Cl)c(C#Cc4ccccc4CNC(=O)O)c3)nn2CCCN2CCOCC2)C1. The minimum atomic E-state index is -3.37. The van der Waals surface area contributed by atoms with Crippen LogP contribution in [0, 0.1) is 11.8 Å². The average Bonchev–Trinajstić information content (AvgIpc) is 3.34. The van der Waals surface area contributed by atoms with Crippen molar-refractivity contribution in [2.24, 2.45) is 0 Å². The van der Waals surface area contributed by atoms with Crippen molar-refractivity contribution in [2.75, 3.05) is 45.6 Å². The van der Waals surface area contributed by atoms with Gasteiger partial charge in [0, 0.05) is 80.2 Å². The van der Waals surface area contributed by atoms with Gasteiger partial charge in [-0.3, -0.25) is 9.58 Å². The van der Waals surface area contributed by atoms with E-state index in [0.717, 1.165) is 73.9 Å². The van der Waals surface area contributed by atoms with E-state index in [1.165, 1.54) is 10.6 Å². The van der Waals surface area contributed by atoms with Gasteiger partial charge in [0.05, 0.1) is 30.2 Å². The molecular formula is C30H34ClN5O5S. The maximum Gasteiger partial charge on any atom is 0.404 e.